The molecule has 3 amide bonds. The van der Waals surface area contributed by atoms with Crippen molar-refractivity contribution in [3.05, 3.63) is 30.1 Å². The van der Waals surface area contributed by atoms with Crippen LogP contribution in [0.4, 0.5) is 9.18 Å². The van der Waals surface area contributed by atoms with E-state index in [1.165, 1.54) is 23.5 Å². The molecule has 0 spiro atoms. The number of sulfonamides is 1. The van der Waals surface area contributed by atoms with E-state index < -0.39 is 27.8 Å². The van der Waals surface area contributed by atoms with Crippen molar-refractivity contribution in [3.63, 3.8) is 0 Å². The fourth-order valence-electron chi connectivity index (χ4n) is 2.32. The summed E-state index contributed by atoms with van der Waals surface area (Å²) in [4.78, 5) is 24.5. The van der Waals surface area contributed by atoms with Gasteiger partial charge in [0, 0.05) is 33.2 Å². The van der Waals surface area contributed by atoms with Gasteiger partial charge in [0.15, 0.2) is 0 Å². The third-order valence-corrected chi connectivity index (χ3v) is 5.54. The molecular formula is C14H19FN4O4S. The Morgan fingerprint density at radius 3 is 2.25 bits per heavy atom. The van der Waals surface area contributed by atoms with Gasteiger partial charge in [0.05, 0.1) is 11.4 Å². The molecule has 10 heteroatoms. The lowest BCUT2D eigenvalue weighted by Crippen LogP contribution is -2.52. The van der Waals surface area contributed by atoms with E-state index in [0.29, 0.717) is 13.1 Å². The summed E-state index contributed by atoms with van der Waals surface area (Å²) in [6.07, 6.45) is 0. The summed E-state index contributed by atoms with van der Waals surface area (Å²) in [6, 6.07) is 4.08. The van der Waals surface area contributed by atoms with E-state index in [2.05, 4.69) is 10.6 Å². The molecule has 1 aromatic rings. The number of nitrogens with zero attached hydrogens (tertiary/aromatic N) is 2. The maximum absolute atomic E-state index is 12.9. The van der Waals surface area contributed by atoms with Crippen molar-refractivity contribution >= 4 is 22.0 Å². The third-order valence-electron chi connectivity index (χ3n) is 3.63. The van der Waals surface area contributed by atoms with E-state index >= 15 is 0 Å². The van der Waals surface area contributed by atoms with Crippen molar-refractivity contribution in [2.45, 2.75) is 4.90 Å². The second kappa shape index (κ2) is 7.69. The van der Waals surface area contributed by atoms with Crippen molar-refractivity contribution in [3.8, 4) is 0 Å². The smallest absolute Gasteiger partial charge is 0.321 e. The number of benzene rings is 1. The minimum atomic E-state index is -3.68. The fraction of sp³-hybridized carbons (Fsp3) is 0.429. The predicted molar refractivity (Wildman–Crippen MR) is 84.2 cm³/mol. The highest BCUT2D eigenvalue weighted by Gasteiger charge is 2.29. The van der Waals surface area contributed by atoms with Gasteiger partial charge in [0.1, 0.15) is 5.82 Å². The van der Waals surface area contributed by atoms with E-state index in [4.69, 9.17) is 0 Å². The minimum absolute atomic E-state index is 0.0118. The van der Waals surface area contributed by atoms with Crippen LogP contribution in [-0.2, 0) is 14.8 Å². The van der Waals surface area contributed by atoms with Crippen molar-refractivity contribution < 1.29 is 22.4 Å². The lowest BCUT2D eigenvalue weighted by molar-refractivity contribution is -0.121. The number of piperazine rings is 1. The summed E-state index contributed by atoms with van der Waals surface area (Å²) in [5.41, 5.74) is 0. The maximum atomic E-state index is 12.9. The Balaban J connectivity index is 1.91. The van der Waals surface area contributed by atoms with Crippen LogP contribution in [0, 0.1) is 5.82 Å². The van der Waals surface area contributed by atoms with E-state index in [-0.39, 0.29) is 24.5 Å². The van der Waals surface area contributed by atoms with Crippen molar-refractivity contribution in [1.82, 2.24) is 19.8 Å². The molecule has 24 heavy (non-hydrogen) atoms. The number of urea groups is 1. The number of rotatable bonds is 4. The summed E-state index contributed by atoms with van der Waals surface area (Å²) < 4.78 is 39.2. The van der Waals surface area contributed by atoms with E-state index in [0.717, 1.165) is 12.1 Å². The first kappa shape index (κ1) is 18.3. The number of hydrogen-bond donors (Lipinski definition) is 2. The Labute approximate surface area is 139 Å². The molecule has 0 atom stereocenters. The number of carbonyl (C=O) groups is 2. The largest absolute Gasteiger partial charge is 0.341 e. The Morgan fingerprint density at radius 1 is 1.12 bits per heavy atom. The molecule has 2 N–H and O–H groups in total. The number of halogens is 1. The quantitative estimate of drug-likeness (QED) is 0.762. The number of imide groups is 1. The first-order valence-corrected chi connectivity index (χ1v) is 8.76. The summed E-state index contributed by atoms with van der Waals surface area (Å²) >= 11 is 0. The van der Waals surface area contributed by atoms with Gasteiger partial charge in [0.2, 0.25) is 15.9 Å². The van der Waals surface area contributed by atoms with E-state index in [1.807, 2.05) is 0 Å². The van der Waals surface area contributed by atoms with Gasteiger partial charge < -0.3 is 5.32 Å². The van der Waals surface area contributed by atoms with Crippen LogP contribution in [0.5, 0.6) is 0 Å². The fourth-order valence-corrected chi connectivity index (χ4v) is 3.74. The zero-order chi connectivity index (χ0) is 17.7. The SMILES string of the molecule is CNC(=O)NC(=O)CN1CCN(S(=O)(=O)c2ccc(F)cc2)CC1. The van der Waals surface area contributed by atoms with E-state index in [9.17, 15) is 22.4 Å². The van der Waals surface area contributed by atoms with Crippen LogP contribution >= 0.6 is 0 Å². The first-order chi connectivity index (χ1) is 11.3. The number of carbonyl (C=O) groups excluding carboxylic acids is 2. The molecule has 1 heterocycles. The van der Waals surface area contributed by atoms with Crippen LogP contribution in [-0.4, -0.2) is 69.3 Å². The first-order valence-electron chi connectivity index (χ1n) is 7.32. The monoisotopic (exact) mass is 358 g/mol. The van der Waals surface area contributed by atoms with Crippen molar-refractivity contribution in [2.24, 2.45) is 0 Å². The van der Waals surface area contributed by atoms with Gasteiger partial charge in [-0.15, -0.1) is 0 Å². The molecule has 0 saturated carbocycles. The van der Waals surface area contributed by atoms with Crippen LogP contribution in [0.15, 0.2) is 29.2 Å². The summed E-state index contributed by atoms with van der Waals surface area (Å²) in [6.45, 7) is 1.17. The molecule has 0 bridgehead atoms. The van der Waals surface area contributed by atoms with Gasteiger partial charge >= 0.3 is 6.03 Å². The lowest BCUT2D eigenvalue weighted by Gasteiger charge is -2.33. The van der Waals surface area contributed by atoms with Crippen LogP contribution in [0.25, 0.3) is 0 Å². The minimum Gasteiger partial charge on any atom is -0.341 e. The number of hydrogen-bond acceptors (Lipinski definition) is 5. The molecule has 1 fully saturated rings. The van der Waals surface area contributed by atoms with Gasteiger partial charge in [-0.2, -0.15) is 4.31 Å². The van der Waals surface area contributed by atoms with E-state index in [1.54, 1.807) is 4.90 Å². The zero-order valence-electron chi connectivity index (χ0n) is 13.2. The van der Waals surface area contributed by atoms with Crippen LogP contribution < -0.4 is 10.6 Å². The molecule has 1 saturated heterocycles. The average molecular weight is 358 g/mol. The molecule has 0 radical (unpaired) electrons. The Kier molecular flexibility index (Phi) is 5.86. The summed E-state index contributed by atoms with van der Waals surface area (Å²) in [7, 11) is -2.27. The molecule has 8 nitrogen and oxygen atoms in total. The molecular weight excluding hydrogens is 339 g/mol. The summed E-state index contributed by atoms with van der Waals surface area (Å²) in [5, 5.41) is 4.43. The lowest BCUT2D eigenvalue weighted by atomic mass is 10.3. The van der Waals surface area contributed by atoms with Gasteiger partial charge in [-0.25, -0.2) is 17.6 Å². The van der Waals surface area contributed by atoms with Gasteiger partial charge in [-0.1, -0.05) is 0 Å². The highest BCUT2D eigenvalue weighted by Crippen LogP contribution is 2.17. The average Bonchev–Trinajstić information content (AvgIpc) is 2.55. The molecule has 0 aliphatic carbocycles. The Bertz CT molecular complexity index is 700. The third kappa shape index (κ3) is 4.49. The van der Waals surface area contributed by atoms with Gasteiger partial charge in [-0.3, -0.25) is 15.0 Å². The Morgan fingerprint density at radius 2 is 1.71 bits per heavy atom. The topological polar surface area (TPSA) is 98.8 Å². The molecule has 0 unspecified atom stereocenters. The van der Waals surface area contributed by atoms with Crippen LogP contribution in [0.1, 0.15) is 0 Å². The van der Waals surface area contributed by atoms with Crippen LogP contribution in [0.3, 0.4) is 0 Å². The molecule has 1 aromatic carbocycles. The highest BCUT2D eigenvalue weighted by molar-refractivity contribution is 7.89. The zero-order valence-corrected chi connectivity index (χ0v) is 14.0. The maximum Gasteiger partial charge on any atom is 0.321 e. The normalized spacial score (nSPS) is 16.6. The molecule has 1 aliphatic rings. The number of nitrogens with one attached hydrogen (secondary N) is 2. The number of amides is 3. The van der Waals surface area contributed by atoms with Crippen molar-refractivity contribution in [1.29, 1.82) is 0 Å². The molecule has 1 aliphatic heterocycles. The predicted octanol–water partition coefficient (Wildman–Crippen LogP) is -0.412. The second-order valence-electron chi connectivity index (χ2n) is 5.26. The standard InChI is InChI=1S/C14H19FN4O4S/c1-16-14(21)17-13(20)10-18-6-8-19(9-7-18)24(22,23)12-4-2-11(15)3-5-12/h2-5H,6-10H2,1H3,(H2,16,17,20,21). The van der Waals surface area contributed by atoms with Gasteiger partial charge in [0.25, 0.3) is 0 Å². The molecule has 0 aromatic heterocycles. The second-order valence-corrected chi connectivity index (χ2v) is 7.20. The highest BCUT2D eigenvalue weighted by atomic mass is 32.2. The van der Waals surface area contributed by atoms with Crippen LogP contribution in [0.2, 0.25) is 0 Å². The summed E-state index contributed by atoms with van der Waals surface area (Å²) in [5.74, 6) is -0.954. The Hall–Kier alpha value is -2.04. The van der Waals surface area contributed by atoms with Gasteiger partial charge in [-0.05, 0) is 24.3 Å². The molecule has 132 valence electrons. The van der Waals surface area contributed by atoms with Crippen molar-refractivity contribution in [2.75, 3.05) is 39.8 Å². The molecule has 2 rings (SSSR count).